The second kappa shape index (κ2) is 11.6. The lowest BCUT2D eigenvalue weighted by Gasteiger charge is -2.33. The first-order valence-electron chi connectivity index (χ1n) is 12.2. The van der Waals surface area contributed by atoms with Crippen LogP contribution in [0.5, 0.6) is 5.75 Å². The number of hydrogen-bond donors (Lipinski definition) is 2. The van der Waals surface area contributed by atoms with Crippen molar-refractivity contribution >= 4 is 23.4 Å². The lowest BCUT2D eigenvalue weighted by Crippen LogP contribution is -2.49. The molecule has 0 bridgehead atoms. The molecule has 0 saturated heterocycles. The first-order valence-corrected chi connectivity index (χ1v) is 12.5. The predicted molar refractivity (Wildman–Crippen MR) is 144 cm³/mol. The summed E-state index contributed by atoms with van der Waals surface area (Å²) in [5.41, 5.74) is 1.19. The van der Waals surface area contributed by atoms with E-state index in [2.05, 4.69) is 20.7 Å². The van der Waals surface area contributed by atoms with Gasteiger partial charge in [-0.2, -0.15) is 4.80 Å². The number of aromatic hydroxyl groups is 1. The van der Waals surface area contributed by atoms with E-state index in [0.717, 1.165) is 4.80 Å². The molecule has 0 aliphatic rings. The molecular formula is C28H28ClFN6O3. The molecule has 2 N–H and O–H groups in total. The number of carbonyl (C=O) groups is 2. The molecule has 0 radical (unpaired) electrons. The Balaban J connectivity index is 1.69. The van der Waals surface area contributed by atoms with Crippen LogP contribution in [0.15, 0.2) is 72.8 Å². The minimum atomic E-state index is -1.07. The monoisotopic (exact) mass is 550 g/mol. The Morgan fingerprint density at radius 3 is 2.28 bits per heavy atom. The molecule has 0 aliphatic heterocycles. The Morgan fingerprint density at radius 2 is 1.67 bits per heavy atom. The number of halogens is 2. The molecule has 3 aromatic carbocycles. The fourth-order valence-corrected chi connectivity index (χ4v) is 4.04. The molecule has 1 heterocycles. The number of aromatic nitrogens is 4. The number of phenols is 1. The Morgan fingerprint density at radius 1 is 1.03 bits per heavy atom. The molecule has 1 aromatic heterocycles. The van der Waals surface area contributed by atoms with Crippen LogP contribution in [0, 0.1) is 5.82 Å². The maximum absolute atomic E-state index is 13.8. The molecule has 9 nitrogen and oxygen atoms in total. The standard InChI is InChI=1S/C28H28ClFN6O3/c1-28(2,3)31-27(39)25(19-8-14-23(37)15-9-19)35(16-18-4-12-22(30)13-5-18)24(38)17-36-33-26(32-34-36)20-6-10-21(29)11-7-20/h4-15,25,37H,16-17H2,1-3H3,(H,31,39)/t25-/m0/s1. The summed E-state index contributed by atoms with van der Waals surface area (Å²) in [7, 11) is 0. The van der Waals surface area contributed by atoms with E-state index in [1.165, 1.54) is 29.2 Å². The smallest absolute Gasteiger partial charge is 0.247 e. The van der Waals surface area contributed by atoms with Gasteiger partial charge >= 0.3 is 0 Å². The summed E-state index contributed by atoms with van der Waals surface area (Å²) in [5, 5.41) is 25.7. The second-order valence-corrected chi connectivity index (χ2v) is 10.5. The van der Waals surface area contributed by atoms with Crippen LogP contribution in [0.1, 0.15) is 37.9 Å². The highest BCUT2D eigenvalue weighted by molar-refractivity contribution is 6.30. The number of phenolic OH excluding ortho intramolecular Hbond substituents is 1. The minimum absolute atomic E-state index is 0.000950. The lowest BCUT2D eigenvalue weighted by atomic mass is 10.0. The fraction of sp³-hybridized carbons (Fsp3) is 0.250. The summed E-state index contributed by atoms with van der Waals surface area (Å²) in [6.45, 7) is 5.20. The maximum Gasteiger partial charge on any atom is 0.247 e. The average molecular weight is 551 g/mol. The van der Waals surface area contributed by atoms with Crippen LogP contribution < -0.4 is 5.32 Å². The maximum atomic E-state index is 13.8. The predicted octanol–water partition coefficient (Wildman–Crippen LogP) is 4.52. The van der Waals surface area contributed by atoms with E-state index < -0.39 is 29.2 Å². The zero-order valence-corrected chi connectivity index (χ0v) is 22.4. The number of nitrogens with one attached hydrogen (secondary N) is 1. The molecule has 0 aliphatic carbocycles. The van der Waals surface area contributed by atoms with Crippen LogP contribution in [0.4, 0.5) is 4.39 Å². The molecule has 4 aromatic rings. The van der Waals surface area contributed by atoms with Gasteiger partial charge in [-0.05, 0) is 85.6 Å². The third kappa shape index (κ3) is 7.38. The molecule has 0 spiro atoms. The van der Waals surface area contributed by atoms with Gasteiger partial charge in [0.05, 0.1) is 0 Å². The van der Waals surface area contributed by atoms with Gasteiger partial charge in [-0.3, -0.25) is 9.59 Å². The number of rotatable bonds is 8. The normalized spacial score (nSPS) is 12.1. The van der Waals surface area contributed by atoms with Gasteiger partial charge in [0.25, 0.3) is 0 Å². The van der Waals surface area contributed by atoms with Crippen molar-refractivity contribution in [3.63, 3.8) is 0 Å². The van der Waals surface area contributed by atoms with Gasteiger partial charge in [0.15, 0.2) is 0 Å². The Bertz CT molecular complexity index is 1430. The van der Waals surface area contributed by atoms with Crippen molar-refractivity contribution in [2.45, 2.75) is 45.4 Å². The van der Waals surface area contributed by atoms with Crippen molar-refractivity contribution in [3.05, 3.63) is 94.8 Å². The topological polar surface area (TPSA) is 113 Å². The summed E-state index contributed by atoms with van der Waals surface area (Å²) in [6, 6.07) is 17.6. The van der Waals surface area contributed by atoms with Crippen LogP contribution in [0.3, 0.4) is 0 Å². The zero-order valence-electron chi connectivity index (χ0n) is 21.7. The number of hydrogen-bond acceptors (Lipinski definition) is 6. The second-order valence-electron chi connectivity index (χ2n) is 10.0. The summed E-state index contributed by atoms with van der Waals surface area (Å²) < 4.78 is 13.6. The molecule has 0 unspecified atom stereocenters. The molecule has 4 rings (SSSR count). The fourth-order valence-electron chi connectivity index (χ4n) is 3.91. The zero-order chi connectivity index (χ0) is 28.2. The summed E-state index contributed by atoms with van der Waals surface area (Å²) in [4.78, 5) is 30.0. The van der Waals surface area contributed by atoms with Gasteiger partial charge in [-0.1, -0.05) is 35.9 Å². The van der Waals surface area contributed by atoms with E-state index in [9.17, 15) is 19.1 Å². The van der Waals surface area contributed by atoms with Gasteiger partial charge < -0.3 is 15.3 Å². The quantitative estimate of drug-likeness (QED) is 0.333. The third-order valence-corrected chi connectivity index (χ3v) is 5.94. The van der Waals surface area contributed by atoms with Gasteiger partial charge in [0, 0.05) is 22.7 Å². The van der Waals surface area contributed by atoms with E-state index in [1.54, 1.807) is 48.5 Å². The van der Waals surface area contributed by atoms with Gasteiger partial charge in [0.1, 0.15) is 24.2 Å². The molecule has 0 fully saturated rings. The highest BCUT2D eigenvalue weighted by atomic mass is 35.5. The summed E-state index contributed by atoms with van der Waals surface area (Å²) in [5.74, 6) is -0.978. The summed E-state index contributed by atoms with van der Waals surface area (Å²) >= 11 is 5.96. The van der Waals surface area contributed by atoms with Crippen molar-refractivity contribution < 1.29 is 19.1 Å². The van der Waals surface area contributed by atoms with E-state index in [-0.39, 0.29) is 18.8 Å². The Kier molecular flexibility index (Phi) is 8.25. The van der Waals surface area contributed by atoms with Crippen LogP contribution >= 0.6 is 11.6 Å². The van der Waals surface area contributed by atoms with E-state index in [1.807, 2.05) is 20.8 Å². The molecule has 202 valence electrons. The SMILES string of the molecule is CC(C)(C)NC(=O)[C@H](c1ccc(O)cc1)N(Cc1ccc(F)cc1)C(=O)Cn1nnc(-c2ccc(Cl)cc2)n1. The Labute approximate surface area is 230 Å². The van der Waals surface area contributed by atoms with E-state index in [4.69, 9.17) is 11.6 Å². The average Bonchev–Trinajstić information content (AvgIpc) is 3.33. The number of benzene rings is 3. The van der Waals surface area contributed by atoms with Crippen LogP contribution in [-0.2, 0) is 22.7 Å². The lowest BCUT2D eigenvalue weighted by molar-refractivity contribution is -0.143. The molecule has 11 heteroatoms. The number of tetrazole rings is 1. The molecule has 0 saturated carbocycles. The van der Waals surface area contributed by atoms with Gasteiger partial charge in [-0.15, -0.1) is 10.2 Å². The number of nitrogens with zero attached hydrogens (tertiary/aromatic N) is 5. The highest BCUT2D eigenvalue weighted by Crippen LogP contribution is 2.27. The van der Waals surface area contributed by atoms with Crippen LogP contribution in [-0.4, -0.2) is 47.6 Å². The van der Waals surface area contributed by atoms with Crippen molar-refractivity contribution in [1.82, 2.24) is 30.4 Å². The first-order chi connectivity index (χ1) is 18.5. The molecule has 2 amide bonds. The largest absolute Gasteiger partial charge is 0.508 e. The van der Waals surface area contributed by atoms with Crippen molar-refractivity contribution in [1.29, 1.82) is 0 Å². The Hall–Kier alpha value is -4.31. The van der Waals surface area contributed by atoms with Crippen LogP contribution in [0.2, 0.25) is 5.02 Å². The minimum Gasteiger partial charge on any atom is -0.508 e. The van der Waals surface area contributed by atoms with Crippen LogP contribution in [0.25, 0.3) is 11.4 Å². The molecule has 1 atom stereocenters. The van der Waals surface area contributed by atoms with Crippen molar-refractivity contribution in [2.24, 2.45) is 0 Å². The van der Waals surface area contributed by atoms with E-state index in [0.29, 0.717) is 27.5 Å². The number of carbonyl (C=O) groups excluding carboxylic acids is 2. The highest BCUT2D eigenvalue weighted by Gasteiger charge is 2.34. The van der Waals surface area contributed by atoms with E-state index >= 15 is 0 Å². The van der Waals surface area contributed by atoms with Crippen molar-refractivity contribution in [2.75, 3.05) is 0 Å². The third-order valence-electron chi connectivity index (χ3n) is 5.69. The molecular weight excluding hydrogens is 523 g/mol. The van der Waals surface area contributed by atoms with Gasteiger partial charge in [0.2, 0.25) is 17.6 Å². The summed E-state index contributed by atoms with van der Waals surface area (Å²) in [6.07, 6.45) is 0. The van der Waals surface area contributed by atoms with Gasteiger partial charge in [-0.25, -0.2) is 4.39 Å². The van der Waals surface area contributed by atoms with Crippen molar-refractivity contribution in [3.8, 4) is 17.1 Å². The first kappa shape index (κ1) is 27.7. The molecule has 39 heavy (non-hydrogen) atoms. The number of amides is 2.